The van der Waals surface area contributed by atoms with Gasteiger partial charge < -0.3 is 9.73 Å². The number of carbonyl (C=O) groups is 1. The largest absolute Gasteiger partial charge is 0.459 e. The first-order valence-corrected chi connectivity index (χ1v) is 12.6. The van der Waals surface area contributed by atoms with E-state index in [1.165, 1.54) is 36.6 Å². The third-order valence-corrected chi connectivity index (χ3v) is 7.58. The van der Waals surface area contributed by atoms with Crippen molar-refractivity contribution >= 4 is 31.5 Å². The molecule has 0 aliphatic carbocycles. The number of rotatable bonds is 10. The molecule has 174 valence electrons. The maximum Gasteiger partial charge on any atom is 0.287 e. The highest BCUT2D eigenvalue weighted by molar-refractivity contribution is 7.90. The van der Waals surface area contributed by atoms with Gasteiger partial charge in [-0.25, -0.2) is 21.6 Å². The van der Waals surface area contributed by atoms with Gasteiger partial charge in [0, 0.05) is 30.8 Å². The molecule has 0 radical (unpaired) electrons. The van der Waals surface area contributed by atoms with Crippen LogP contribution in [0.15, 0.2) is 81.1 Å². The fourth-order valence-corrected chi connectivity index (χ4v) is 5.30. The lowest BCUT2D eigenvalue weighted by Gasteiger charge is -2.08. The number of nitrogens with zero attached hydrogens (tertiary/aromatic N) is 1. The van der Waals surface area contributed by atoms with Crippen LogP contribution >= 0.6 is 0 Å². The Kier molecular flexibility index (Phi) is 7.26. The zero-order valence-corrected chi connectivity index (χ0v) is 18.6. The van der Waals surface area contributed by atoms with Crippen LogP contribution in [0.5, 0.6) is 0 Å². The van der Waals surface area contributed by atoms with E-state index in [9.17, 15) is 31.7 Å². The van der Waals surface area contributed by atoms with Gasteiger partial charge in [0.15, 0.2) is 15.6 Å². The van der Waals surface area contributed by atoms with Gasteiger partial charge in [0.25, 0.3) is 11.6 Å². The fourth-order valence-electron chi connectivity index (χ4n) is 2.85. The lowest BCUT2D eigenvalue weighted by atomic mass is 10.2. The van der Waals surface area contributed by atoms with Crippen LogP contribution in [-0.4, -0.2) is 40.8 Å². The molecule has 3 aromatic rings. The number of non-ortho nitro benzene ring substituents is 1. The molecule has 0 spiro atoms. The number of benzene rings is 2. The summed E-state index contributed by atoms with van der Waals surface area (Å²) >= 11 is 0. The molecule has 0 saturated carbocycles. The van der Waals surface area contributed by atoms with Crippen LogP contribution in [0, 0.1) is 10.1 Å². The van der Waals surface area contributed by atoms with Crippen LogP contribution < -0.4 is 10.0 Å². The molecule has 0 atom stereocenters. The zero-order valence-electron chi connectivity index (χ0n) is 17.0. The van der Waals surface area contributed by atoms with Crippen molar-refractivity contribution in [1.29, 1.82) is 0 Å². The number of sulfonamides is 1. The SMILES string of the molecule is O=C(NCCNS(=O)(=O)c1cccc([N+](=O)[O-])c1)c1occc1CS(=O)(=O)c1ccccc1. The van der Waals surface area contributed by atoms with Gasteiger partial charge in [-0.3, -0.25) is 14.9 Å². The lowest BCUT2D eigenvalue weighted by molar-refractivity contribution is -0.385. The molecule has 11 nitrogen and oxygen atoms in total. The molecule has 1 aromatic heterocycles. The number of hydrogen-bond acceptors (Lipinski definition) is 8. The van der Waals surface area contributed by atoms with Gasteiger partial charge in [0.05, 0.1) is 26.7 Å². The van der Waals surface area contributed by atoms with Crippen molar-refractivity contribution in [3.05, 3.63) is 88.4 Å². The van der Waals surface area contributed by atoms with E-state index < -0.39 is 36.4 Å². The van der Waals surface area contributed by atoms with Crippen LogP contribution in [-0.2, 0) is 25.6 Å². The minimum absolute atomic E-state index is 0.105. The molecule has 2 N–H and O–H groups in total. The van der Waals surface area contributed by atoms with Crippen molar-refractivity contribution in [1.82, 2.24) is 10.0 Å². The van der Waals surface area contributed by atoms with Gasteiger partial charge in [-0.15, -0.1) is 0 Å². The maximum atomic E-state index is 12.6. The van der Waals surface area contributed by atoms with E-state index in [0.29, 0.717) is 0 Å². The molecule has 0 aliphatic rings. The Morgan fingerprint density at radius 1 is 0.939 bits per heavy atom. The number of nitro benzene ring substituents is 1. The van der Waals surface area contributed by atoms with Crippen molar-refractivity contribution < 1.29 is 31.0 Å². The van der Waals surface area contributed by atoms with Crippen molar-refractivity contribution in [3.63, 3.8) is 0 Å². The minimum atomic E-state index is -4.04. The highest BCUT2D eigenvalue weighted by Crippen LogP contribution is 2.20. The molecule has 2 aromatic carbocycles. The highest BCUT2D eigenvalue weighted by atomic mass is 32.2. The second-order valence-corrected chi connectivity index (χ2v) is 10.5. The van der Waals surface area contributed by atoms with Crippen molar-refractivity contribution in [2.75, 3.05) is 13.1 Å². The van der Waals surface area contributed by atoms with Crippen LogP contribution in [0.3, 0.4) is 0 Å². The van der Waals surface area contributed by atoms with E-state index in [1.54, 1.807) is 18.2 Å². The number of sulfone groups is 1. The Morgan fingerprint density at radius 3 is 2.33 bits per heavy atom. The number of amides is 1. The van der Waals surface area contributed by atoms with Crippen LogP contribution in [0.25, 0.3) is 0 Å². The Hall–Kier alpha value is -3.55. The zero-order chi connectivity index (χ0) is 24.1. The molecular formula is C20H19N3O8S2. The fraction of sp³-hybridized carbons (Fsp3) is 0.150. The molecule has 0 unspecified atom stereocenters. The third-order valence-electron chi connectivity index (χ3n) is 4.44. The summed E-state index contributed by atoms with van der Waals surface area (Å²) in [5, 5.41) is 13.3. The predicted molar refractivity (Wildman–Crippen MR) is 117 cm³/mol. The first kappa shape index (κ1) is 24.1. The third kappa shape index (κ3) is 6.03. The van der Waals surface area contributed by atoms with Crippen molar-refractivity contribution in [2.24, 2.45) is 0 Å². The number of furan rings is 1. The molecule has 3 rings (SSSR count). The predicted octanol–water partition coefficient (Wildman–Crippen LogP) is 1.87. The molecule has 0 bridgehead atoms. The molecule has 13 heteroatoms. The molecule has 0 saturated heterocycles. The average molecular weight is 494 g/mol. The molecule has 1 amide bonds. The Balaban J connectivity index is 1.59. The molecule has 33 heavy (non-hydrogen) atoms. The first-order valence-electron chi connectivity index (χ1n) is 9.47. The van der Waals surface area contributed by atoms with Gasteiger partial charge >= 0.3 is 0 Å². The van der Waals surface area contributed by atoms with Gasteiger partial charge in [-0.1, -0.05) is 24.3 Å². The smallest absolute Gasteiger partial charge is 0.287 e. The summed E-state index contributed by atoms with van der Waals surface area (Å²) in [5.41, 5.74) is -0.212. The lowest BCUT2D eigenvalue weighted by Crippen LogP contribution is -2.35. The quantitative estimate of drug-likeness (QED) is 0.245. The van der Waals surface area contributed by atoms with Crippen molar-refractivity contribution in [3.8, 4) is 0 Å². The van der Waals surface area contributed by atoms with E-state index in [1.807, 2.05) is 0 Å². The Bertz CT molecular complexity index is 1370. The first-order chi connectivity index (χ1) is 15.6. The summed E-state index contributed by atoms with van der Waals surface area (Å²) in [5.74, 6) is -1.36. The van der Waals surface area contributed by atoms with Crippen LogP contribution in [0.2, 0.25) is 0 Å². The Labute approximate surface area is 189 Å². The minimum Gasteiger partial charge on any atom is -0.459 e. The monoisotopic (exact) mass is 493 g/mol. The summed E-state index contributed by atoms with van der Waals surface area (Å²) in [4.78, 5) is 22.3. The summed E-state index contributed by atoms with van der Waals surface area (Å²) in [6.07, 6.45) is 1.19. The summed E-state index contributed by atoms with van der Waals surface area (Å²) in [6, 6.07) is 13.7. The summed E-state index contributed by atoms with van der Waals surface area (Å²) in [7, 11) is -7.74. The van der Waals surface area contributed by atoms with E-state index in [0.717, 1.165) is 12.1 Å². The van der Waals surface area contributed by atoms with E-state index in [4.69, 9.17) is 4.42 Å². The maximum absolute atomic E-state index is 12.6. The second-order valence-electron chi connectivity index (χ2n) is 6.76. The summed E-state index contributed by atoms with van der Waals surface area (Å²) < 4.78 is 57.1. The second kappa shape index (κ2) is 9.94. The van der Waals surface area contributed by atoms with Gasteiger partial charge in [-0.05, 0) is 24.3 Å². The number of hydrogen-bond donors (Lipinski definition) is 2. The van der Waals surface area contributed by atoms with Gasteiger partial charge in [0.1, 0.15) is 0 Å². The molecular weight excluding hydrogens is 474 g/mol. The van der Waals surface area contributed by atoms with E-state index in [2.05, 4.69) is 10.0 Å². The molecule has 0 aliphatic heterocycles. The number of nitro groups is 1. The van der Waals surface area contributed by atoms with E-state index in [-0.39, 0.29) is 39.9 Å². The summed E-state index contributed by atoms with van der Waals surface area (Å²) in [6.45, 7) is -0.353. The van der Waals surface area contributed by atoms with Crippen LogP contribution in [0.4, 0.5) is 5.69 Å². The molecule has 1 heterocycles. The number of nitrogens with one attached hydrogen (secondary N) is 2. The van der Waals surface area contributed by atoms with E-state index >= 15 is 0 Å². The van der Waals surface area contributed by atoms with Crippen LogP contribution in [0.1, 0.15) is 16.1 Å². The molecule has 0 fully saturated rings. The average Bonchev–Trinajstić information content (AvgIpc) is 3.25. The highest BCUT2D eigenvalue weighted by Gasteiger charge is 2.23. The van der Waals surface area contributed by atoms with Gasteiger partial charge in [-0.2, -0.15) is 0 Å². The standard InChI is InChI=1S/C20H19N3O8S2/c24-20(19-15(9-12-31-19)14-32(27,28)17-6-2-1-3-7-17)21-10-11-22-33(29,30)18-8-4-5-16(13-18)23(25)26/h1-9,12-13,22H,10-11,14H2,(H,21,24). The normalized spacial score (nSPS) is 11.8. The Morgan fingerprint density at radius 2 is 1.64 bits per heavy atom. The number of carbonyl (C=O) groups excluding carboxylic acids is 1. The van der Waals surface area contributed by atoms with Crippen molar-refractivity contribution in [2.45, 2.75) is 15.5 Å². The van der Waals surface area contributed by atoms with Gasteiger partial charge in [0.2, 0.25) is 10.0 Å². The topological polar surface area (TPSA) is 166 Å².